The van der Waals surface area contributed by atoms with Crippen LogP contribution in [-0.2, 0) is 0 Å². The zero-order valence-electron chi connectivity index (χ0n) is 14.2. The molecule has 4 unspecified atom stereocenters. The number of carbonyl (C=O) groups is 1. The predicted molar refractivity (Wildman–Crippen MR) is 90.5 cm³/mol. The highest BCUT2D eigenvalue weighted by molar-refractivity contribution is 5.95. The highest BCUT2D eigenvalue weighted by atomic mass is 16.2. The molecule has 23 heavy (non-hydrogen) atoms. The summed E-state index contributed by atoms with van der Waals surface area (Å²) in [7, 11) is 0. The van der Waals surface area contributed by atoms with Crippen LogP contribution in [-0.4, -0.2) is 21.3 Å². The van der Waals surface area contributed by atoms with Gasteiger partial charge in [0, 0.05) is 12.2 Å². The Hall–Kier alpha value is -1.84. The Morgan fingerprint density at radius 1 is 1.35 bits per heavy atom. The van der Waals surface area contributed by atoms with Crippen molar-refractivity contribution >= 4 is 11.6 Å². The maximum atomic E-state index is 12.9. The van der Waals surface area contributed by atoms with Crippen LogP contribution in [0.4, 0.5) is 0 Å². The maximum absolute atomic E-state index is 12.9. The SMILES string of the molecule is Cc1nc2c(C)cccn2c1C(=O)NC(C)C1CC2CCC1C2. The average molecular weight is 311 g/mol. The summed E-state index contributed by atoms with van der Waals surface area (Å²) >= 11 is 0. The fourth-order valence-corrected chi connectivity index (χ4v) is 4.88. The number of aromatic nitrogens is 2. The number of imidazole rings is 1. The van der Waals surface area contributed by atoms with E-state index in [9.17, 15) is 4.79 Å². The van der Waals surface area contributed by atoms with Crippen LogP contribution >= 0.6 is 0 Å². The van der Waals surface area contributed by atoms with Gasteiger partial charge in [0.1, 0.15) is 11.3 Å². The molecule has 0 radical (unpaired) electrons. The highest BCUT2D eigenvalue weighted by Gasteiger charge is 2.42. The molecule has 0 aromatic carbocycles. The number of nitrogens with one attached hydrogen (secondary N) is 1. The molecule has 2 aromatic heterocycles. The van der Waals surface area contributed by atoms with Crippen molar-refractivity contribution in [1.82, 2.24) is 14.7 Å². The van der Waals surface area contributed by atoms with Gasteiger partial charge >= 0.3 is 0 Å². The minimum Gasteiger partial charge on any atom is -0.348 e. The van der Waals surface area contributed by atoms with E-state index < -0.39 is 0 Å². The molecule has 0 spiro atoms. The van der Waals surface area contributed by atoms with E-state index in [1.807, 2.05) is 36.6 Å². The summed E-state index contributed by atoms with van der Waals surface area (Å²) in [6.45, 7) is 6.12. The lowest BCUT2D eigenvalue weighted by Gasteiger charge is -2.28. The fraction of sp³-hybridized carbons (Fsp3) is 0.579. The van der Waals surface area contributed by atoms with E-state index in [1.54, 1.807) is 0 Å². The number of nitrogens with zero attached hydrogens (tertiary/aromatic N) is 2. The van der Waals surface area contributed by atoms with Crippen molar-refractivity contribution in [3.8, 4) is 0 Å². The number of amides is 1. The number of hydrogen-bond acceptors (Lipinski definition) is 2. The van der Waals surface area contributed by atoms with Gasteiger partial charge in [0.2, 0.25) is 0 Å². The van der Waals surface area contributed by atoms with Crippen molar-refractivity contribution in [3.63, 3.8) is 0 Å². The molecule has 4 rings (SSSR count). The summed E-state index contributed by atoms with van der Waals surface area (Å²) < 4.78 is 1.92. The molecule has 2 saturated carbocycles. The predicted octanol–water partition coefficient (Wildman–Crippen LogP) is 3.51. The number of rotatable bonds is 3. The highest BCUT2D eigenvalue weighted by Crippen LogP contribution is 2.49. The zero-order chi connectivity index (χ0) is 16.1. The van der Waals surface area contributed by atoms with E-state index in [-0.39, 0.29) is 11.9 Å². The van der Waals surface area contributed by atoms with Crippen LogP contribution in [0.3, 0.4) is 0 Å². The van der Waals surface area contributed by atoms with Crippen LogP contribution in [0.2, 0.25) is 0 Å². The van der Waals surface area contributed by atoms with Crippen LogP contribution in [0.15, 0.2) is 18.3 Å². The molecule has 2 aromatic rings. The maximum Gasteiger partial charge on any atom is 0.270 e. The molecule has 4 atom stereocenters. The zero-order valence-corrected chi connectivity index (χ0v) is 14.2. The summed E-state index contributed by atoms with van der Waals surface area (Å²) in [6.07, 6.45) is 7.34. The second-order valence-electron chi connectivity index (χ2n) is 7.53. The molecular formula is C19H25N3O. The van der Waals surface area contributed by atoms with Gasteiger partial charge < -0.3 is 5.32 Å². The first kappa shape index (κ1) is 14.7. The van der Waals surface area contributed by atoms with E-state index in [4.69, 9.17) is 0 Å². The van der Waals surface area contributed by atoms with Gasteiger partial charge in [-0.3, -0.25) is 9.20 Å². The Morgan fingerprint density at radius 2 is 2.17 bits per heavy atom. The molecule has 122 valence electrons. The Bertz CT molecular complexity index is 763. The standard InChI is InChI=1S/C19H25N3O/c1-11-5-4-8-22-17(13(3)20-18(11)22)19(23)21-12(2)16-10-14-6-7-15(16)9-14/h4-5,8,12,14-16H,6-7,9-10H2,1-3H3,(H,21,23). The van der Waals surface area contributed by atoms with Crippen molar-refractivity contribution in [3.05, 3.63) is 35.3 Å². The first-order chi connectivity index (χ1) is 11.0. The van der Waals surface area contributed by atoms with Crippen LogP contribution < -0.4 is 5.32 Å². The summed E-state index contributed by atoms with van der Waals surface area (Å²) in [6, 6.07) is 4.24. The van der Waals surface area contributed by atoms with Crippen LogP contribution in [0.25, 0.3) is 5.65 Å². The second kappa shape index (κ2) is 5.36. The third kappa shape index (κ3) is 2.35. The monoisotopic (exact) mass is 311 g/mol. The minimum atomic E-state index is 0.0101. The van der Waals surface area contributed by atoms with Gasteiger partial charge in [0.25, 0.3) is 5.91 Å². The molecule has 2 aliphatic rings. The van der Waals surface area contributed by atoms with Gasteiger partial charge in [0.05, 0.1) is 5.69 Å². The summed E-state index contributed by atoms with van der Waals surface area (Å²) in [4.78, 5) is 17.4. The smallest absolute Gasteiger partial charge is 0.270 e. The van der Waals surface area contributed by atoms with Crippen LogP contribution in [0, 0.1) is 31.6 Å². The van der Waals surface area contributed by atoms with E-state index in [0.717, 1.165) is 28.7 Å². The van der Waals surface area contributed by atoms with Crippen molar-refractivity contribution < 1.29 is 4.79 Å². The van der Waals surface area contributed by atoms with Crippen LogP contribution in [0.5, 0.6) is 0 Å². The minimum absolute atomic E-state index is 0.0101. The van der Waals surface area contributed by atoms with Crippen molar-refractivity contribution in [2.24, 2.45) is 17.8 Å². The van der Waals surface area contributed by atoms with Gasteiger partial charge in [-0.15, -0.1) is 0 Å². The number of hydrogen-bond donors (Lipinski definition) is 1. The molecule has 0 saturated heterocycles. The first-order valence-electron chi connectivity index (χ1n) is 8.79. The fourth-order valence-electron chi connectivity index (χ4n) is 4.88. The molecule has 2 bridgehead atoms. The Morgan fingerprint density at radius 3 is 2.87 bits per heavy atom. The third-order valence-electron chi connectivity index (χ3n) is 6.03. The van der Waals surface area contributed by atoms with Crippen molar-refractivity contribution in [2.45, 2.75) is 52.5 Å². The molecular weight excluding hydrogens is 286 g/mol. The van der Waals surface area contributed by atoms with E-state index in [0.29, 0.717) is 11.6 Å². The molecule has 1 amide bonds. The second-order valence-corrected chi connectivity index (χ2v) is 7.53. The Balaban J connectivity index is 1.58. The number of pyridine rings is 1. The third-order valence-corrected chi connectivity index (χ3v) is 6.03. The van der Waals surface area contributed by atoms with E-state index in [1.165, 1.54) is 25.7 Å². The number of aryl methyl sites for hydroxylation is 2. The molecule has 2 fully saturated rings. The molecule has 2 aliphatic carbocycles. The molecule has 1 N–H and O–H groups in total. The number of carbonyl (C=O) groups excluding carboxylic acids is 1. The quantitative estimate of drug-likeness (QED) is 0.943. The lowest BCUT2D eigenvalue weighted by atomic mass is 9.84. The topological polar surface area (TPSA) is 46.4 Å². The van der Waals surface area contributed by atoms with Gasteiger partial charge in [-0.2, -0.15) is 0 Å². The largest absolute Gasteiger partial charge is 0.348 e. The number of fused-ring (bicyclic) bond motifs is 3. The Kier molecular flexibility index (Phi) is 3.43. The van der Waals surface area contributed by atoms with Crippen LogP contribution in [0.1, 0.15) is 54.4 Å². The lowest BCUT2D eigenvalue weighted by molar-refractivity contribution is 0.0908. The summed E-state index contributed by atoms with van der Waals surface area (Å²) in [5.74, 6) is 2.39. The molecule has 0 aliphatic heterocycles. The van der Waals surface area contributed by atoms with E-state index >= 15 is 0 Å². The summed E-state index contributed by atoms with van der Waals surface area (Å²) in [5.41, 5.74) is 3.45. The normalized spacial score (nSPS) is 27.5. The van der Waals surface area contributed by atoms with Crippen molar-refractivity contribution in [1.29, 1.82) is 0 Å². The summed E-state index contributed by atoms with van der Waals surface area (Å²) in [5, 5.41) is 3.26. The molecule has 2 heterocycles. The average Bonchev–Trinajstić information content (AvgIpc) is 3.20. The van der Waals surface area contributed by atoms with E-state index in [2.05, 4.69) is 17.2 Å². The Labute approximate surface area is 137 Å². The van der Waals surface area contributed by atoms with Gasteiger partial charge in [-0.05, 0) is 69.4 Å². The molecule has 4 nitrogen and oxygen atoms in total. The lowest BCUT2D eigenvalue weighted by Crippen LogP contribution is -2.40. The molecule has 4 heteroatoms. The van der Waals surface area contributed by atoms with Gasteiger partial charge in [-0.25, -0.2) is 4.98 Å². The van der Waals surface area contributed by atoms with Gasteiger partial charge in [0.15, 0.2) is 0 Å². The first-order valence-corrected chi connectivity index (χ1v) is 8.79. The van der Waals surface area contributed by atoms with Crippen molar-refractivity contribution in [2.75, 3.05) is 0 Å². The van der Waals surface area contributed by atoms with Gasteiger partial charge in [-0.1, -0.05) is 12.5 Å².